The predicted molar refractivity (Wildman–Crippen MR) is 182 cm³/mol. The summed E-state index contributed by atoms with van der Waals surface area (Å²) in [6, 6.07) is 51.2. The third kappa shape index (κ3) is 3.92. The Morgan fingerprint density at radius 3 is 2.09 bits per heavy atom. The van der Waals surface area contributed by atoms with Crippen molar-refractivity contribution in [3.8, 4) is 33.9 Å². The number of aromatic nitrogens is 4. The van der Waals surface area contributed by atoms with Crippen LogP contribution in [0.5, 0.6) is 0 Å². The predicted octanol–water partition coefficient (Wildman–Crippen LogP) is 10.0. The van der Waals surface area contributed by atoms with E-state index >= 15 is 0 Å². The molecule has 0 aliphatic rings. The van der Waals surface area contributed by atoms with Crippen LogP contribution in [0, 0.1) is 0 Å². The van der Waals surface area contributed by atoms with Crippen molar-refractivity contribution in [1.82, 2.24) is 19.1 Å². The summed E-state index contributed by atoms with van der Waals surface area (Å²) in [4.78, 5) is 9.94. The molecule has 0 saturated heterocycles. The van der Waals surface area contributed by atoms with Gasteiger partial charge in [-0.3, -0.25) is 9.55 Å². The maximum atomic E-state index is 5.13. The molecule has 0 bridgehead atoms. The topological polar surface area (TPSA) is 35.6 Å². The quantitative estimate of drug-likeness (QED) is 0.214. The highest BCUT2D eigenvalue weighted by atomic mass is 15.1. The van der Waals surface area contributed by atoms with Crippen LogP contribution in [0.15, 0.2) is 158 Å². The van der Waals surface area contributed by atoms with E-state index in [1.807, 2.05) is 30.5 Å². The molecule has 4 nitrogen and oxygen atoms in total. The Morgan fingerprint density at radius 1 is 0.477 bits per heavy atom. The Morgan fingerprint density at radius 2 is 1.25 bits per heavy atom. The summed E-state index contributed by atoms with van der Waals surface area (Å²) in [5, 5.41) is 4.72. The number of para-hydroxylation sites is 2. The maximum absolute atomic E-state index is 5.13. The number of pyridine rings is 2. The van der Waals surface area contributed by atoms with E-state index in [4.69, 9.17) is 9.97 Å². The monoisotopic (exact) mass is 562 g/mol. The minimum Gasteiger partial charge on any atom is -0.316 e. The Hall–Kier alpha value is -6.00. The molecule has 44 heavy (non-hydrogen) atoms. The molecular weight excluding hydrogens is 536 g/mol. The van der Waals surface area contributed by atoms with Gasteiger partial charge in [-0.1, -0.05) is 78.9 Å². The van der Waals surface area contributed by atoms with Crippen LogP contribution in [-0.4, -0.2) is 19.1 Å². The van der Waals surface area contributed by atoms with Crippen LogP contribution in [0.1, 0.15) is 0 Å². The standard InChI is InChI=1S/C40H26N4/c1-3-9-27(10-4-1)35-18-15-31(26-41-35)29-16-19-37-33(23-29)34-24-30-21-22-43(32-12-5-2-6-13-32)38(30)25-39(34)44(37)40-20-17-28-11-7-8-14-36(28)42-40/h1-26H. The van der Waals surface area contributed by atoms with E-state index in [2.05, 4.69) is 137 Å². The van der Waals surface area contributed by atoms with E-state index in [9.17, 15) is 0 Å². The molecule has 5 aromatic carbocycles. The summed E-state index contributed by atoms with van der Waals surface area (Å²) in [5.41, 5.74) is 9.85. The van der Waals surface area contributed by atoms with Crippen molar-refractivity contribution in [1.29, 1.82) is 0 Å². The Balaban J connectivity index is 1.28. The molecular formula is C40H26N4. The summed E-state index contributed by atoms with van der Waals surface area (Å²) >= 11 is 0. The first-order chi connectivity index (χ1) is 21.8. The minimum atomic E-state index is 0.905. The molecule has 4 heterocycles. The SMILES string of the molecule is c1ccc(-c2ccc(-c3ccc4c(c3)c3cc5ccn(-c6ccccc6)c5cc3n4-c3ccc4ccccc4n3)cn2)cc1. The lowest BCUT2D eigenvalue weighted by Crippen LogP contribution is -1.98. The third-order valence-electron chi connectivity index (χ3n) is 8.59. The van der Waals surface area contributed by atoms with Crippen LogP contribution in [0.2, 0.25) is 0 Å². The van der Waals surface area contributed by atoms with E-state index in [0.717, 1.165) is 61.3 Å². The number of benzene rings is 5. The summed E-state index contributed by atoms with van der Waals surface area (Å²) in [6.45, 7) is 0. The zero-order valence-electron chi connectivity index (χ0n) is 23.8. The molecule has 0 saturated carbocycles. The number of nitrogens with zero attached hydrogens (tertiary/aromatic N) is 4. The fourth-order valence-corrected chi connectivity index (χ4v) is 6.41. The molecule has 0 amide bonds. The molecule has 4 aromatic heterocycles. The van der Waals surface area contributed by atoms with Gasteiger partial charge in [0.2, 0.25) is 0 Å². The Bertz CT molecular complexity index is 2470. The van der Waals surface area contributed by atoms with E-state index in [0.29, 0.717) is 0 Å². The van der Waals surface area contributed by atoms with Crippen LogP contribution < -0.4 is 0 Å². The second-order valence-corrected chi connectivity index (χ2v) is 11.2. The van der Waals surface area contributed by atoms with Crippen LogP contribution in [0.4, 0.5) is 0 Å². The Labute approximate surface area is 254 Å². The van der Waals surface area contributed by atoms with Crippen molar-refractivity contribution < 1.29 is 0 Å². The van der Waals surface area contributed by atoms with E-state index in [1.165, 1.54) is 16.2 Å². The molecule has 206 valence electrons. The van der Waals surface area contributed by atoms with Gasteiger partial charge in [-0.05, 0) is 72.3 Å². The van der Waals surface area contributed by atoms with Gasteiger partial charge in [0.1, 0.15) is 5.82 Å². The van der Waals surface area contributed by atoms with Crippen molar-refractivity contribution in [2.24, 2.45) is 0 Å². The van der Waals surface area contributed by atoms with Crippen LogP contribution >= 0.6 is 0 Å². The third-order valence-corrected chi connectivity index (χ3v) is 8.59. The first-order valence-electron chi connectivity index (χ1n) is 14.8. The van der Waals surface area contributed by atoms with Gasteiger partial charge in [0.15, 0.2) is 0 Å². The van der Waals surface area contributed by atoms with Crippen molar-refractivity contribution in [2.45, 2.75) is 0 Å². The molecule has 4 heteroatoms. The second kappa shape index (κ2) is 9.79. The minimum absolute atomic E-state index is 0.905. The van der Waals surface area contributed by atoms with Gasteiger partial charge in [0.25, 0.3) is 0 Å². The maximum Gasteiger partial charge on any atom is 0.138 e. The summed E-state index contributed by atoms with van der Waals surface area (Å²) in [5.74, 6) is 0.905. The summed E-state index contributed by atoms with van der Waals surface area (Å²) in [7, 11) is 0. The molecule has 0 aliphatic carbocycles. The number of hydrogen-bond acceptors (Lipinski definition) is 2. The van der Waals surface area contributed by atoms with Gasteiger partial charge < -0.3 is 4.57 Å². The fourth-order valence-electron chi connectivity index (χ4n) is 6.41. The average Bonchev–Trinajstić information content (AvgIpc) is 3.66. The van der Waals surface area contributed by atoms with Gasteiger partial charge in [-0.25, -0.2) is 4.98 Å². The molecule has 0 aliphatic heterocycles. The molecule has 9 aromatic rings. The zero-order valence-corrected chi connectivity index (χ0v) is 23.8. The highest BCUT2D eigenvalue weighted by molar-refractivity contribution is 6.14. The smallest absolute Gasteiger partial charge is 0.138 e. The van der Waals surface area contributed by atoms with Gasteiger partial charge in [0, 0.05) is 50.8 Å². The average molecular weight is 563 g/mol. The molecule has 0 atom stereocenters. The van der Waals surface area contributed by atoms with E-state index in [1.54, 1.807) is 0 Å². The van der Waals surface area contributed by atoms with Crippen molar-refractivity contribution in [3.05, 3.63) is 158 Å². The van der Waals surface area contributed by atoms with Crippen molar-refractivity contribution >= 4 is 43.6 Å². The molecule has 9 rings (SSSR count). The van der Waals surface area contributed by atoms with E-state index < -0.39 is 0 Å². The lowest BCUT2D eigenvalue weighted by Gasteiger charge is -2.10. The van der Waals surface area contributed by atoms with Crippen molar-refractivity contribution in [3.63, 3.8) is 0 Å². The Kier molecular flexibility index (Phi) is 5.47. The normalized spacial score (nSPS) is 11.6. The molecule has 0 N–H and O–H groups in total. The van der Waals surface area contributed by atoms with Crippen molar-refractivity contribution in [2.75, 3.05) is 0 Å². The van der Waals surface area contributed by atoms with Crippen LogP contribution in [-0.2, 0) is 0 Å². The largest absolute Gasteiger partial charge is 0.316 e. The second-order valence-electron chi connectivity index (χ2n) is 11.2. The number of fused-ring (bicyclic) bond motifs is 5. The van der Waals surface area contributed by atoms with Gasteiger partial charge in [-0.2, -0.15) is 0 Å². The van der Waals surface area contributed by atoms with Crippen LogP contribution in [0.3, 0.4) is 0 Å². The highest BCUT2D eigenvalue weighted by Crippen LogP contribution is 2.38. The number of rotatable bonds is 4. The van der Waals surface area contributed by atoms with Gasteiger partial charge in [-0.15, -0.1) is 0 Å². The van der Waals surface area contributed by atoms with Gasteiger partial charge >= 0.3 is 0 Å². The lowest BCUT2D eigenvalue weighted by atomic mass is 10.0. The van der Waals surface area contributed by atoms with Crippen LogP contribution in [0.25, 0.3) is 77.5 Å². The first kappa shape index (κ1) is 24.6. The summed E-state index contributed by atoms with van der Waals surface area (Å²) in [6.07, 6.45) is 4.14. The van der Waals surface area contributed by atoms with E-state index in [-0.39, 0.29) is 0 Å². The van der Waals surface area contributed by atoms with Gasteiger partial charge in [0.05, 0.1) is 27.8 Å². The number of hydrogen-bond donors (Lipinski definition) is 0. The highest BCUT2D eigenvalue weighted by Gasteiger charge is 2.17. The first-order valence-corrected chi connectivity index (χ1v) is 14.8. The summed E-state index contributed by atoms with van der Waals surface area (Å²) < 4.78 is 4.56. The molecule has 0 spiro atoms. The molecule has 0 unspecified atom stereocenters. The zero-order chi connectivity index (χ0) is 29.0. The molecule has 0 fully saturated rings. The molecule has 0 radical (unpaired) electrons. The fraction of sp³-hybridized carbons (Fsp3) is 0. The lowest BCUT2D eigenvalue weighted by molar-refractivity contribution is 1.10.